The Morgan fingerprint density at radius 3 is 2.61 bits per heavy atom. The van der Waals surface area contributed by atoms with E-state index in [1.54, 1.807) is 0 Å². The molecule has 1 atom stereocenters. The lowest BCUT2D eigenvalue weighted by Crippen LogP contribution is -2.44. The molecule has 5 rings (SSSR count). The minimum Gasteiger partial charge on any atom is -0.367 e. The highest BCUT2D eigenvalue weighted by molar-refractivity contribution is 7.59. The molecule has 3 aromatic rings. The summed E-state index contributed by atoms with van der Waals surface area (Å²) in [5.74, 6) is 1.27. The molecule has 1 aromatic heterocycles. The second-order valence-electron chi connectivity index (χ2n) is 8.58. The third-order valence-electron chi connectivity index (χ3n) is 6.44. The van der Waals surface area contributed by atoms with Gasteiger partial charge in [0.25, 0.3) is 0 Å². The number of aryl methyl sites for hydroxylation is 1. The van der Waals surface area contributed by atoms with E-state index < -0.39 is 0 Å². The Labute approximate surface area is 201 Å². The zero-order valence-electron chi connectivity index (χ0n) is 19.2. The number of fused-ring (bicyclic) bond motifs is 2. The quantitative estimate of drug-likeness (QED) is 0.600. The van der Waals surface area contributed by atoms with Crippen LogP contribution in [0.15, 0.2) is 48.5 Å². The Bertz CT molecular complexity index is 1170. The van der Waals surface area contributed by atoms with Gasteiger partial charge in [0.1, 0.15) is 11.7 Å². The van der Waals surface area contributed by atoms with E-state index >= 15 is 0 Å². The van der Waals surface area contributed by atoms with Crippen molar-refractivity contribution in [3.63, 3.8) is 0 Å². The van der Waals surface area contributed by atoms with Crippen molar-refractivity contribution >= 4 is 42.5 Å². The largest absolute Gasteiger partial charge is 0.367 e. The molecule has 2 aliphatic heterocycles. The van der Waals surface area contributed by atoms with Gasteiger partial charge in [-0.1, -0.05) is 42.5 Å². The van der Waals surface area contributed by atoms with Gasteiger partial charge >= 0.3 is 0 Å². The Morgan fingerprint density at radius 2 is 1.82 bits per heavy atom. The molecular weight excluding hydrogens is 432 g/mol. The monoisotopic (exact) mass is 462 g/mol. The molecule has 0 fully saturated rings. The van der Waals surface area contributed by atoms with Gasteiger partial charge in [-0.25, -0.2) is 4.98 Å². The number of amides is 1. The summed E-state index contributed by atoms with van der Waals surface area (Å²) in [6, 6.07) is 17.1. The first-order valence-electron chi connectivity index (χ1n) is 11.1. The van der Waals surface area contributed by atoms with Crippen LogP contribution in [-0.4, -0.2) is 35.5 Å². The number of para-hydroxylation sites is 1. The minimum absolute atomic E-state index is 0. The second-order valence-corrected chi connectivity index (χ2v) is 8.58. The van der Waals surface area contributed by atoms with Crippen molar-refractivity contribution in [1.29, 1.82) is 0 Å². The van der Waals surface area contributed by atoms with Gasteiger partial charge in [-0.05, 0) is 43.0 Å². The minimum atomic E-state index is -0.264. The number of hydrogen-bond donors (Lipinski definition) is 2. The molecule has 33 heavy (non-hydrogen) atoms. The third kappa shape index (κ3) is 4.48. The average molecular weight is 463 g/mol. The van der Waals surface area contributed by atoms with Crippen LogP contribution in [0.3, 0.4) is 0 Å². The molecule has 7 nitrogen and oxygen atoms in total. The zero-order chi connectivity index (χ0) is 22.2. The number of aromatic nitrogens is 2. The molecule has 2 N–H and O–H groups in total. The van der Waals surface area contributed by atoms with Crippen LogP contribution < -0.4 is 20.4 Å². The maximum Gasteiger partial charge on any atom is 0.246 e. The summed E-state index contributed by atoms with van der Waals surface area (Å²) in [5, 5.41) is 6.25. The van der Waals surface area contributed by atoms with E-state index in [4.69, 9.17) is 0 Å². The summed E-state index contributed by atoms with van der Waals surface area (Å²) >= 11 is 0. The number of nitrogens with one attached hydrogen (secondary N) is 2. The van der Waals surface area contributed by atoms with Gasteiger partial charge in [0, 0.05) is 32.4 Å². The van der Waals surface area contributed by atoms with Crippen molar-refractivity contribution in [2.75, 3.05) is 34.0 Å². The van der Waals surface area contributed by atoms with Crippen molar-refractivity contribution in [1.82, 2.24) is 9.97 Å². The number of rotatable bonds is 5. The molecule has 2 aromatic carbocycles. The van der Waals surface area contributed by atoms with Crippen LogP contribution in [0.1, 0.15) is 29.3 Å². The number of carbonyl (C=O) groups is 1. The molecule has 8 heteroatoms. The summed E-state index contributed by atoms with van der Waals surface area (Å²) in [7, 11) is 1.88. The lowest BCUT2D eigenvalue weighted by molar-refractivity contribution is -0.117. The summed E-state index contributed by atoms with van der Waals surface area (Å²) in [5.41, 5.74) is 6.71. The number of hydrogen-bond acceptors (Lipinski definition) is 6. The van der Waals surface area contributed by atoms with Gasteiger partial charge < -0.3 is 20.4 Å². The molecule has 0 bridgehead atoms. The average Bonchev–Trinajstić information content (AvgIpc) is 3.21. The fourth-order valence-corrected chi connectivity index (χ4v) is 4.36. The second kappa shape index (κ2) is 9.31. The summed E-state index contributed by atoms with van der Waals surface area (Å²) in [6.07, 6.45) is 1.12. The van der Waals surface area contributed by atoms with E-state index in [0.717, 1.165) is 31.0 Å². The Morgan fingerprint density at radius 1 is 1.09 bits per heavy atom. The van der Waals surface area contributed by atoms with Crippen molar-refractivity contribution in [3.8, 4) is 0 Å². The van der Waals surface area contributed by atoms with Gasteiger partial charge in [-0.15, -0.1) is 0 Å². The molecule has 0 saturated carbocycles. The number of carbonyl (C=O) groups excluding carboxylic acids is 1. The van der Waals surface area contributed by atoms with E-state index in [1.807, 2.05) is 25.8 Å². The predicted molar refractivity (Wildman–Crippen MR) is 139 cm³/mol. The maximum absolute atomic E-state index is 12.1. The Hall–Kier alpha value is -3.26. The first kappa shape index (κ1) is 22.9. The maximum atomic E-state index is 12.1. The Balaban J connectivity index is 0.00000259. The van der Waals surface area contributed by atoms with Crippen LogP contribution in [0.25, 0.3) is 0 Å². The van der Waals surface area contributed by atoms with Gasteiger partial charge in [0.15, 0.2) is 5.82 Å². The number of anilines is 4. The van der Waals surface area contributed by atoms with Crippen LogP contribution in [0, 0.1) is 6.92 Å². The molecule has 0 aliphatic carbocycles. The first-order chi connectivity index (χ1) is 15.5. The van der Waals surface area contributed by atoms with Crippen LogP contribution >= 0.6 is 13.5 Å². The lowest BCUT2D eigenvalue weighted by Gasteiger charge is -2.32. The molecule has 0 unspecified atom stereocenters. The lowest BCUT2D eigenvalue weighted by atomic mass is 10.1. The fraction of sp³-hybridized carbons (Fsp3) is 0.320. The smallest absolute Gasteiger partial charge is 0.246 e. The first-order valence-corrected chi connectivity index (χ1v) is 11.1. The topological polar surface area (TPSA) is 73.4 Å². The van der Waals surface area contributed by atoms with Crippen LogP contribution in [-0.2, 0) is 24.3 Å². The van der Waals surface area contributed by atoms with E-state index in [2.05, 4.69) is 74.0 Å². The molecule has 2 aliphatic rings. The van der Waals surface area contributed by atoms with E-state index in [9.17, 15) is 4.79 Å². The van der Waals surface area contributed by atoms with E-state index in [0.29, 0.717) is 18.2 Å². The number of nitrogens with zero attached hydrogens (tertiary/aromatic N) is 4. The number of likely N-dealkylation sites (N-methyl/N-ethyl adjacent to an activating group) is 1. The van der Waals surface area contributed by atoms with Crippen LogP contribution in [0.2, 0.25) is 0 Å². The van der Waals surface area contributed by atoms with Gasteiger partial charge in [0.2, 0.25) is 11.9 Å². The SMILES string of the molecule is Cc1nc(NCc2ccc(CN3CCc4ccccc43)cc2)nc2c1NC(=O)[C@H](C)N2C.S. The van der Waals surface area contributed by atoms with Gasteiger partial charge in [-0.2, -0.15) is 18.5 Å². The molecular formula is C25H30N6OS. The molecule has 0 spiro atoms. The highest BCUT2D eigenvalue weighted by atomic mass is 32.1. The normalized spacial score (nSPS) is 16.6. The standard InChI is InChI=1S/C25H28N6O.H2S/c1-16-22-23(30(3)17(2)24(32)28-22)29-25(27-16)26-14-18-8-10-19(11-9-18)15-31-13-12-20-6-4-5-7-21(20)31;/h4-11,17H,12-15H2,1-3H3,(H,28,32)(H,26,27,29);1H2/t17-;/m0./s1. The van der Waals surface area contributed by atoms with Crippen LogP contribution in [0.5, 0.6) is 0 Å². The predicted octanol–water partition coefficient (Wildman–Crippen LogP) is 3.85. The fourth-order valence-electron chi connectivity index (χ4n) is 4.36. The summed E-state index contributed by atoms with van der Waals surface area (Å²) < 4.78 is 0. The van der Waals surface area contributed by atoms with Crippen molar-refractivity contribution in [3.05, 3.63) is 70.9 Å². The molecule has 0 radical (unpaired) electrons. The van der Waals surface area contributed by atoms with Gasteiger partial charge in [-0.3, -0.25) is 4.79 Å². The molecule has 1 amide bonds. The van der Waals surface area contributed by atoms with Crippen molar-refractivity contribution < 1.29 is 4.79 Å². The van der Waals surface area contributed by atoms with Crippen molar-refractivity contribution in [2.24, 2.45) is 0 Å². The Kier molecular flexibility index (Phi) is 6.47. The third-order valence-corrected chi connectivity index (χ3v) is 6.44. The van der Waals surface area contributed by atoms with Crippen molar-refractivity contribution in [2.45, 2.75) is 39.4 Å². The van der Waals surface area contributed by atoms with E-state index in [-0.39, 0.29) is 25.4 Å². The highest BCUT2D eigenvalue weighted by Crippen LogP contribution is 2.32. The van der Waals surface area contributed by atoms with E-state index in [1.165, 1.54) is 22.4 Å². The summed E-state index contributed by atoms with van der Waals surface area (Å²) in [6.45, 7) is 6.39. The highest BCUT2D eigenvalue weighted by Gasteiger charge is 2.30. The molecule has 3 heterocycles. The van der Waals surface area contributed by atoms with Gasteiger partial charge in [0.05, 0.1) is 5.69 Å². The summed E-state index contributed by atoms with van der Waals surface area (Å²) in [4.78, 5) is 25.6. The van der Waals surface area contributed by atoms with Crippen LogP contribution in [0.4, 0.5) is 23.1 Å². The molecule has 0 saturated heterocycles. The molecule has 172 valence electrons. The zero-order valence-corrected chi connectivity index (χ0v) is 20.2. The number of benzene rings is 2.